The van der Waals surface area contributed by atoms with E-state index in [2.05, 4.69) is 0 Å². The van der Waals surface area contributed by atoms with Crippen molar-refractivity contribution in [3.63, 3.8) is 0 Å². The zero-order chi connectivity index (χ0) is 9.30. The molecule has 1 aromatic heterocycles. The van der Waals surface area contributed by atoms with Gasteiger partial charge in [0.1, 0.15) is 11.5 Å². The molecule has 0 radical (unpaired) electrons. The maximum Gasteiger partial charge on any atom is 0.308 e. The first-order valence-electron chi connectivity index (χ1n) is 3.49. The molecule has 0 atom stereocenters. The van der Waals surface area contributed by atoms with Gasteiger partial charge in [0.25, 0.3) is 0 Å². The van der Waals surface area contributed by atoms with E-state index >= 15 is 0 Å². The van der Waals surface area contributed by atoms with Crippen LogP contribution in [0.25, 0.3) is 0 Å². The highest BCUT2D eigenvalue weighted by molar-refractivity contribution is 5.70. The molecule has 1 aromatic rings. The van der Waals surface area contributed by atoms with E-state index in [0.717, 1.165) is 0 Å². The van der Waals surface area contributed by atoms with E-state index in [1.807, 2.05) is 0 Å². The van der Waals surface area contributed by atoms with Crippen LogP contribution in [-0.2, 0) is 4.79 Å². The lowest BCUT2D eigenvalue weighted by molar-refractivity contribution is -0.132. The summed E-state index contributed by atoms with van der Waals surface area (Å²) < 4.78 is 9.73. The summed E-state index contributed by atoms with van der Waals surface area (Å²) in [7, 11) is 0. The molecule has 0 aliphatic heterocycles. The smallest absolute Gasteiger partial charge is 0.308 e. The Balaban J connectivity index is 3.05. The topological polar surface area (TPSA) is 59.7 Å². The molecule has 0 aliphatic rings. The Morgan fingerprint density at radius 3 is 2.33 bits per heavy atom. The third kappa shape index (κ3) is 1.42. The fourth-order valence-corrected chi connectivity index (χ4v) is 0.915. The van der Waals surface area contributed by atoms with Crippen molar-refractivity contribution in [1.82, 2.24) is 0 Å². The van der Waals surface area contributed by atoms with Crippen molar-refractivity contribution < 1.29 is 19.1 Å². The number of carbonyl (C=O) groups is 1. The average molecular weight is 170 g/mol. The lowest BCUT2D eigenvalue weighted by Gasteiger charge is -1.97. The van der Waals surface area contributed by atoms with Gasteiger partial charge in [0.05, 0.1) is 0 Å². The first kappa shape index (κ1) is 8.64. The fraction of sp³-hybridized carbons (Fsp3) is 0.375. The van der Waals surface area contributed by atoms with Gasteiger partial charge >= 0.3 is 5.97 Å². The second-order valence-electron chi connectivity index (χ2n) is 2.49. The van der Waals surface area contributed by atoms with Gasteiger partial charge in [-0.15, -0.1) is 0 Å². The minimum atomic E-state index is -0.478. The molecule has 0 spiro atoms. The first-order valence-corrected chi connectivity index (χ1v) is 3.49. The molecule has 0 saturated carbocycles. The summed E-state index contributed by atoms with van der Waals surface area (Å²) in [6.45, 7) is 4.47. The van der Waals surface area contributed by atoms with E-state index in [-0.39, 0.29) is 11.5 Å². The highest BCUT2D eigenvalue weighted by Crippen LogP contribution is 2.35. The van der Waals surface area contributed by atoms with Gasteiger partial charge in [-0.2, -0.15) is 0 Å². The molecule has 4 heteroatoms. The molecule has 0 aliphatic carbocycles. The molecule has 0 amide bonds. The first-order chi connectivity index (χ1) is 5.52. The van der Waals surface area contributed by atoms with E-state index in [4.69, 9.17) is 9.15 Å². The molecule has 0 bridgehead atoms. The largest absolute Gasteiger partial charge is 0.502 e. The molecule has 12 heavy (non-hydrogen) atoms. The lowest BCUT2D eigenvalue weighted by atomic mass is 10.4. The maximum atomic E-state index is 10.6. The minimum absolute atomic E-state index is 0.109. The number of aromatic hydroxyl groups is 1. The standard InChI is InChI=1S/C8H10O4/c1-4-7(10)8(5(2)11-4)12-6(3)9/h10H,1-3H3. The van der Waals surface area contributed by atoms with Gasteiger partial charge in [0.2, 0.25) is 11.5 Å². The Morgan fingerprint density at radius 1 is 1.42 bits per heavy atom. The molecule has 1 heterocycles. The summed E-state index contributed by atoms with van der Waals surface area (Å²) in [5.74, 6) is 0.279. The van der Waals surface area contributed by atoms with Crippen LogP contribution in [0.4, 0.5) is 0 Å². The van der Waals surface area contributed by atoms with Crippen LogP contribution in [0.15, 0.2) is 4.42 Å². The van der Waals surface area contributed by atoms with Crippen LogP contribution in [0, 0.1) is 13.8 Å². The van der Waals surface area contributed by atoms with Gasteiger partial charge in [-0.25, -0.2) is 0 Å². The fourth-order valence-electron chi connectivity index (χ4n) is 0.915. The van der Waals surface area contributed by atoms with Gasteiger partial charge in [0.15, 0.2) is 0 Å². The number of hydrogen-bond acceptors (Lipinski definition) is 4. The Kier molecular flexibility index (Phi) is 2.08. The highest BCUT2D eigenvalue weighted by atomic mass is 16.5. The van der Waals surface area contributed by atoms with Crippen molar-refractivity contribution >= 4 is 5.97 Å². The second kappa shape index (κ2) is 2.89. The summed E-state index contributed by atoms with van der Waals surface area (Å²) in [6, 6.07) is 0. The van der Waals surface area contributed by atoms with Gasteiger partial charge in [-0.1, -0.05) is 0 Å². The van der Waals surface area contributed by atoms with Crippen LogP contribution in [-0.4, -0.2) is 11.1 Å². The van der Waals surface area contributed by atoms with Gasteiger partial charge in [-0.05, 0) is 13.8 Å². The number of esters is 1. The minimum Gasteiger partial charge on any atom is -0.502 e. The second-order valence-corrected chi connectivity index (χ2v) is 2.49. The molecule has 1 N–H and O–H groups in total. The Hall–Kier alpha value is -1.45. The number of aryl methyl sites for hydroxylation is 2. The zero-order valence-electron chi connectivity index (χ0n) is 7.17. The van der Waals surface area contributed by atoms with Gasteiger partial charge < -0.3 is 14.3 Å². The molecule has 1 rings (SSSR count). The highest BCUT2D eigenvalue weighted by Gasteiger charge is 2.16. The van der Waals surface area contributed by atoms with E-state index in [1.54, 1.807) is 13.8 Å². The van der Waals surface area contributed by atoms with Gasteiger partial charge in [-0.3, -0.25) is 4.79 Å². The van der Waals surface area contributed by atoms with Crippen molar-refractivity contribution in [2.24, 2.45) is 0 Å². The Bertz CT molecular complexity index is 311. The Morgan fingerprint density at radius 2 is 2.00 bits per heavy atom. The van der Waals surface area contributed by atoms with Crippen molar-refractivity contribution in [2.75, 3.05) is 0 Å². The molecule has 0 unspecified atom stereocenters. The van der Waals surface area contributed by atoms with Crippen LogP contribution in [0.5, 0.6) is 11.5 Å². The maximum absolute atomic E-state index is 10.6. The summed E-state index contributed by atoms with van der Waals surface area (Å²) >= 11 is 0. The number of hydrogen-bond donors (Lipinski definition) is 1. The van der Waals surface area contributed by atoms with Crippen molar-refractivity contribution in [3.05, 3.63) is 11.5 Å². The molecule has 4 nitrogen and oxygen atoms in total. The number of furan rings is 1. The Labute approximate surface area is 69.8 Å². The van der Waals surface area contributed by atoms with Crippen molar-refractivity contribution in [3.8, 4) is 11.5 Å². The molecule has 0 aromatic carbocycles. The van der Waals surface area contributed by atoms with Crippen LogP contribution >= 0.6 is 0 Å². The van der Waals surface area contributed by atoms with E-state index < -0.39 is 5.97 Å². The van der Waals surface area contributed by atoms with Crippen LogP contribution < -0.4 is 4.74 Å². The third-order valence-corrected chi connectivity index (χ3v) is 1.42. The van der Waals surface area contributed by atoms with E-state index in [0.29, 0.717) is 11.5 Å². The monoisotopic (exact) mass is 170 g/mol. The molecule has 0 saturated heterocycles. The SMILES string of the molecule is CC(=O)Oc1c(C)oc(C)c1O. The third-order valence-electron chi connectivity index (χ3n) is 1.42. The van der Waals surface area contributed by atoms with Crippen molar-refractivity contribution in [1.29, 1.82) is 0 Å². The zero-order valence-corrected chi connectivity index (χ0v) is 7.17. The summed E-state index contributed by atoms with van der Waals surface area (Å²) in [5, 5.41) is 9.30. The number of ether oxygens (including phenoxy) is 1. The molecule has 66 valence electrons. The lowest BCUT2D eigenvalue weighted by Crippen LogP contribution is -2.01. The molecular weight excluding hydrogens is 160 g/mol. The average Bonchev–Trinajstić information content (AvgIpc) is 2.16. The molecular formula is C8H10O4. The predicted octanol–water partition coefficient (Wildman–Crippen LogP) is 1.53. The van der Waals surface area contributed by atoms with E-state index in [9.17, 15) is 9.90 Å². The van der Waals surface area contributed by atoms with E-state index in [1.165, 1.54) is 6.92 Å². The normalized spacial score (nSPS) is 9.92. The van der Waals surface area contributed by atoms with Crippen LogP contribution in [0.1, 0.15) is 18.4 Å². The van der Waals surface area contributed by atoms with Crippen LogP contribution in [0.3, 0.4) is 0 Å². The molecule has 0 fully saturated rings. The van der Waals surface area contributed by atoms with Crippen molar-refractivity contribution in [2.45, 2.75) is 20.8 Å². The predicted molar refractivity (Wildman–Crippen MR) is 41.2 cm³/mol. The quantitative estimate of drug-likeness (QED) is 0.649. The summed E-state index contributed by atoms with van der Waals surface area (Å²) in [4.78, 5) is 10.6. The van der Waals surface area contributed by atoms with Crippen LogP contribution in [0.2, 0.25) is 0 Å². The number of rotatable bonds is 1. The summed E-state index contributed by atoms with van der Waals surface area (Å²) in [6.07, 6.45) is 0. The van der Waals surface area contributed by atoms with Gasteiger partial charge in [0, 0.05) is 6.92 Å². The summed E-state index contributed by atoms with van der Waals surface area (Å²) in [5.41, 5.74) is 0. The number of carbonyl (C=O) groups excluding carboxylic acids is 1.